The van der Waals surface area contributed by atoms with E-state index >= 15 is 0 Å². The Labute approximate surface area is 392 Å². The van der Waals surface area contributed by atoms with Crippen LogP contribution in [0.5, 0.6) is 0 Å². The summed E-state index contributed by atoms with van der Waals surface area (Å²) in [4.78, 5) is 30.4. The molecule has 2 unspecified atom stereocenters. The van der Waals surface area contributed by atoms with Crippen LogP contribution in [-0.4, -0.2) is 135 Å². The van der Waals surface area contributed by atoms with Gasteiger partial charge in [0, 0.05) is 25.7 Å². The highest BCUT2D eigenvalue weighted by Gasteiger charge is 2.74. The number of hydrogen-bond donors (Lipinski definition) is 4. The molecule has 0 heterocycles. The first-order valence-corrected chi connectivity index (χ1v) is 22.1. The third kappa shape index (κ3) is 19.2. The van der Waals surface area contributed by atoms with E-state index < -0.39 is 203 Å². The van der Waals surface area contributed by atoms with Gasteiger partial charge in [0.15, 0.2) is 0 Å². The number of hydrogen-bond acceptors (Lipinski definition) is 14. The first-order chi connectivity index (χ1) is 32.3. The third-order valence-electron chi connectivity index (χ3n) is 9.22. The topological polar surface area (TPSA) is 239 Å². The van der Waals surface area contributed by atoms with Gasteiger partial charge in [0.25, 0.3) is 31.4 Å². The van der Waals surface area contributed by atoms with E-state index in [0.29, 0.717) is 24.3 Å². The van der Waals surface area contributed by atoms with Crippen LogP contribution >= 0.6 is 0 Å². The molecule has 0 saturated heterocycles. The van der Waals surface area contributed by atoms with Crippen molar-refractivity contribution in [3.05, 3.63) is 58.7 Å². The standard InChI is InChI=1S/C36H36F18O16S2/c37-31(38,39)3-1-23(55)18-68-28(57)22-12-21(13-26(14-22)72(62,63)64)27(56)67-6-2-24(15-32(40,41)42)69-70-30(35(49,50)51,36(52,53)54)5-8-66-17-20-9-19(10-25(11-20)71(59,60)61)16-65-7-4-29(58,33(43,44)45)34(46,47)48/h9-14,23-24,55,58H,1-8,15-18H2,(H,59,60,61)(H,62,63,64). The summed E-state index contributed by atoms with van der Waals surface area (Å²) in [5.41, 5.74) is -14.0. The second-order valence-electron chi connectivity index (χ2n) is 14.9. The van der Waals surface area contributed by atoms with Crippen molar-refractivity contribution in [3.8, 4) is 0 Å². The third-order valence-corrected chi connectivity index (χ3v) is 10.9. The number of benzene rings is 2. The Bertz CT molecular complexity index is 2340. The Hall–Kier alpha value is -4.30. The maximum atomic E-state index is 14.2. The van der Waals surface area contributed by atoms with Crippen molar-refractivity contribution >= 4 is 32.2 Å². The molecular formula is C36H36F18O16S2. The Balaban J connectivity index is 2.28. The molecule has 16 nitrogen and oxygen atoms in total. The number of alkyl halides is 18. The molecule has 2 atom stereocenters. The number of aliphatic hydroxyl groups excluding tert-OH is 1. The molecule has 2 aromatic carbocycles. The quantitative estimate of drug-likeness (QED) is 0.0183. The highest BCUT2D eigenvalue weighted by atomic mass is 32.2. The highest BCUT2D eigenvalue weighted by Crippen LogP contribution is 2.49. The van der Waals surface area contributed by atoms with Crippen LogP contribution in [0, 0.1) is 0 Å². The normalized spacial score (nSPS) is 14.8. The predicted octanol–water partition coefficient (Wildman–Crippen LogP) is 8.09. The van der Waals surface area contributed by atoms with E-state index in [2.05, 4.69) is 24.0 Å². The van der Waals surface area contributed by atoms with E-state index in [9.17, 15) is 125 Å². The van der Waals surface area contributed by atoms with Crippen LogP contribution in [0.1, 0.15) is 70.4 Å². The summed E-state index contributed by atoms with van der Waals surface area (Å²) in [5.74, 6) is -3.47. The molecule has 0 aromatic heterocycles. The fourth-order valence-corrected chi connectivity index (χ4v) is 6.65. The van der Waals surface area contributed by atoms with Crippen molar-refractivity contribution in [2.45, 2.75) is 122 Å². The Morgan fingerprint density at radius 1 is 0.542 bits per heavy atom. The summed E-state index contributed by atoms with van der Waals surface area (Å²) in [6, 6.07) is 2.74. The summed E-state index contributed by atoms with van der Waals surface area (Å²) < 4.78 is 325. The fourth-order valence-electron chi connectivity index (χ4n) is 5.50. The fraction of sp³-hybridized carbons (Fsp3) is 0.611. The Morgan fingerprint density at radius 2 is 0.986 bits per heavy atom. The molecule has 414 valence electrons. The van der Waals surface area contributed by atoms with Gasteiger partial charge in [-0.15, -0.1) is 0 Å². The van der Waals surface area contributed by atoms with Gasteiger partial charge in [0.05, 0.1) is 66.5 Å². The minimum atomic E-state index is -6.65. The van der Waals surface area contributed by atoms with Crippen LogP contribution in [-0.2, 0) is 62.2 Å². The van der Waals surface area contributed by atoms with Gasteiger partial charge in [0.2, 0.25) is 0 Å². The lowest BCUT2D eigenvalue weighted by molar-refractivity contribution is -0.497. The molecular weight excluding hydrogens is 1090 g/mol. The number of carbonyl (C=O) groups is 2. The molecule has 2 rings (SSSR count). The van der Waals surface area contributed by atoms with Gasteiger partial charge < -0.3 is 29.2 Å². The van der Waals surface area contributed by atoms with Crippen LogP contribution < -0.4 is 0 Å². The summed E-state index contributed by atoms with van der Waals surface area (Å²) >= 11 is 0. The molecule has 0 aliphatic carbocycles. The first-order valence-electron chi connectivity index (χ1n) is 19.2. The number of halogens is 18. The van der Waals surface area contributed by atoms with Crippen molar-refractivity contribution in [2.75, 3.05) is 26.4 Å². The largest absolute Gasteiger partial charge is 0.462 e. The second kappa shape index (κ2) is 23.9. The number of ether oxygens (including phenoxy) is 4. The molecule has 0 fully saturated rings. The van der Waals surface area contributed by atoms with Gasteiger partial charge in [-0.05, 0) is 47.9 Å². The molecule has 4 N–H and O–H groups in total. The van der Waals surface area contributed by atoms with Crippen molar-refractivity contribution in [3.63, 3.8) is 0 Å². The van der Waals surface area contributed by atoms with E-state index in [4.69, 9.17) is 4.74 Å². The molecule has 0 radical (unpaired) electrons. The van der Waals surface area contributed by atoms with E-state index in [1.807, 2.05) is 0 Å². The minimum absolute atomic E-state index is 0.276. The average molecular weight is 1130 g/mol. The molecule has 0 aliphatic heterocycles. The maximum Gasteiger partial charge on any atom is 0.429 e. The predicted molar refractivity (Wildman–Crippen MR) is 196 cm³/mol. The van der Waals surface area contributed by atoms with Gasteiger partial charge in [-0.3, -0.25) is 9.11 Å². The lowest BCUT2D eigenvalue weighted by Gasteiger charge is -2.36. The van der Waals surface area contributed by atoms with Gasteiger partial charge in [0.1, 0.15) is 12.7 Å². The van der Waals surface area contributed by atoms with Gasteiger partial charge >= 0.3 is 49.0 Å². The average Bonchev–Trinajstić information content (AvgIpc) is 3.19. The molecule has 0 bridgehead atoms. The zero-order valence-electron chi connectivity index (χ0n) is 35.4. The molecule has 0 amide bonds. The van der Waals surface area contributed by atoms with E-state index in [1.165, 1.54) is 0 Å². The number of carbonyl (C=O) groups excluding carboxylic acids is 2. The molecule has 0 aliphatic rings. The lowest BCUT2D eigenvalue weighted by atomic mass is 9.98. The summed E-state index contributed by atoms with van der Waals surface area (Å²) in [5, 5.41) is 18.8. The van der Waals surface area contributed by atoms with Gasteiger partial charge in [-0.2, -0.15) is 95.9 Å². The highest BCUT2D eigenvalue weighted by molar-refractivity contribution is 7.86. The zero-order chi connectivity index (χ0) is 55.7. The molecule has 0 spiro atoms. The van der Waals surface area contributed by atoms with Crippen LogP contribution in [0.3, 0.4) is 0 Å². The smallest absolute Gasteiger partial charge is 0.429 e. The molecule has 2 aromatic rings. The van der Waals surface area contributed by atoms with Crippen molar-refractivity contribution in [1.29, 1.82) is 0 Å². The summed E-state index contributed by atoms with van der Waals surface area (Å²) in [6.45, 7) is -8.22. The number of rotatable bonds is 25. The van der Waals surface area contributed by atoms with E-state index in [-0.39, 0.29) is 6.07 Å². The zero-order valence-corrected chi connectivity index (χ0v) is 37.0. The molecule has 36 heteroatoms. The second-order valence-corrected chi connectivity index (χ2v) is 17.8. The van der Waals surface area contributed by atoms with E-state index in [1.54, 1.807) is 0 Å². The number of esters is 2. The molecule has 0 saturated carbocycles. The first kappa shape index (κ1) is 63.8. The van der Waals surface area contributed by atoms with Crippen LogP contribution in [0.2, 0.25) is 0 Å². The Kier molecular flexibility index (Phi) is 21.2. The van der Waals surface area contributed by atoms with E-state index in [0.717, 1.165) is 6.07 Å². The van der Waals surface area contributed by atoms with Crippen molar-refractivity contribution in [2.24, 2.45) is 0 Å². The van der Waals surface area contributed by atoms with Crippen molar-refractivity contribution < 1.29 is 153 Å². The van der Waals surface area contributed by atoms with Crippen LogP contribution in [0.25, 0.3) is 0 Å². The van der Waals surface area contributed by atoms with Gasteiger partial charge in [-0.25, -0.2) is 19.4 Å². The summed E-state index contributed by atoms with van der Waals surface area (Å²) in [6.07, 6.45) is -52.0. The maximum absolute atomic E-state index is 14.2. The van der Waals surface area contributed by atoms with Gasteiger partial charge in [-0.1, -0.05) is 6.07 Å². The lowest BCUT2D eigenvalue weighted by Crippen LogP contribution is -2.59. The number of aliphatic hydroxyl groups is 2. The SMILES string of the molecule is O=C(OCCC(CC(F)(F)F)OOC(CCOCc1cc(COCCC(O)(C(F)(F)F)C(F)(F)F)cc(S(=O)(=O)O)c1)(C(F)(F)F)C(F)(F)F)c1cc(C(=O)OCC(O)CCC(F)(F)F)cc(S(=O)(=O)O)c1. The monoisotopic (exact) mass is 1130 g/mol. The Morgan fingerprint density at radius 3 is 1.40 bits per heavy atom. The minimum Gasteiger partial charge on any atom is -0.462 e. The van der Waals surface area contributed by atoms with Crippen molar-refractivity contribution in [1.82, 2.24) is 0 Å². The molecule has 72 heavy (non-hydrogen) atoms. The summed E-state index contributed by atoms with van der Waals surface area (Å²) in [7, 11) is -10.6. The van der Waals surface area contributed by atoms with Crippen LogP contribution in [0.4, 0.5) is 79.0 Å². The van der Waals surface area contributed by atoms with Crippen LogP contribution in [0.15, 0.2) is 46.2 Å².